The second-order valence-corrected chi connectivity index (χ2v) is 5.99. The molecule has 0 spiro atoms. The van der Waals surface area contributed by atoms with Crippen LogP contribution in [-0.4, -0.2) is 42.8 Å². The summed E-state index contributed by atoms with van der Waals surface area (Å²) in [7, 11) is 3.89. The van der Waals surface area contributed by atoms with Crippen molar-refractivity contribution < 1.29 is 5.11 Å². The number of nitrogens with two attached hydrogens (primary N) is 1. The van der Waals surface area contributed by atoms with Gasteiger partial charge in [-0.05, 0) is 61.8 Å². The van der Waals surface area contributed by atoms with Crippen LogP contribution in [0.3, 0.4) is 0 Å². The summed E-state index contributed by atoms with van der Waals surface area (Å²) in [5.74, 6) is 0. The number of benzene rings is 1. The maximum Gasteiger partial charge on any atom is 0.0917 e. The molecule has 0 saturated heterocycles. The number of halogens is 1. The number of hydrogen-bond donors (Lipinski definition) is 3. The minimum Gasteiger partial charge on any atom is -0.399 e. The van der Waals surface area contributed by atoms with Gasteiger partial charge in [0.25, 0.3) is 0 Å². The maximum atomic E-state index is 10.2. The van der Waals surface area contributed by atoms with Crippen LogP contribution in [0.5, 0.6) is 0 Å². The van der Waals surface area contributed by atoms with Gasteiger partial charge in [-0.1, -0.05) is 0 Å². The number of aliphatic hydroxyl groups is 1. The number of nitrogens with one attached hydrogen (secondary N) is 1. The minimum atomic E-state index is -0.756. The maximum absolute atomic E-state index is 10.2. The molecule has 1 unspecified atom stereocenters. The van der Waals surface area contributed by atoms with Crippen LogP contribution in [0.1, 0.15) is 6.92 Å². The van der Waals surface area contributed by atoms with Crippen molar-refractivity contribution in [3.8, 4) is 0 Å². The van der Waals surface area contributed by atoms with Gasteiger partial charge in [-0.15, -0.1) is 0 Å². The zero-order valence-electron chi connectivity index (χ0n) is 10.5. The molecule has 0 aromatic heterocycles. The first-order chi connectivity index (χ1) is 7.80. The highest BCUT2D eigenvalue weighted by Crippen LogP contribution is 2.21. The zero-order valence-corrected chi connectivity index (χ0v) is 12.7. The number of rotatable bonds is 5. The Morgan fingerprint density at radius 1 is 1.47 bits per heavy atom. The van der Waals surface area contributed by atoms with Crippen molar-refractivity contribution in [1.29, 1.82) is 0 Å². The molecular weight excluding hydrogens is 329 g/mol. The van der Waals surface area contributed by atoms with Gasteiger partial charge >= 0.3 is 0 Å². The van der Waals surface area contributed by atoms with E-state index in [1.54, 1.807) is 0 Å². The van der Waals surface area contributed by atoms with Gasteiger partial charge in [-0.2, -0.15) is 0 Å². The molecule has 0 bridgehead atoms. The Morgan fingerprint density at radius 2 is 2.12 bits per heavy atom. The first kappa shape index (κ1) is 14.5. The van der Waals surface area contributed by atoms with Crippen LogP contribution in [0.15, 0.2) is 18.2 Å². The van der Waals surface area contributed by atoms with E-state index in [0.29, 0.717) is 13.1 Å². The molecule has 0 saturated carbocycles. The minimum absolute atomic E-state index is 0.505. The molecular formula is C12H20IN3O. The van der Waals surface area contributed by atoms with Gasteiger partial charge < -0.3 is 21.1 Å². The lowest BCUT2D eigenvalue weighted by Gasteiger charge is -2.27. The third-order valence-corrected chi connectivity index (χ3v) is 3.20. The van der Waals surface area contributed by atoms with Gasteiger partial charge in [0.05, 0.1) is 5.60 Å². The van der Waals surface area contributed by atoms with Crippen molar-refractivity contribution in [2.75, 3.05) is 38.2 Å². The van der Waals surface area contributed by atoms with Gasteiger partial charge in [0.1, 0.15) is 0 Å². The van der Waals surface area contributed by atoms with Crippen LogP contribution in [0.2, 0.25) is 0 Å². The summed E-state index contributed by atoms with van der Waals surface area (Å²) in [5, 5.41) is 13.4. The second-order valence-electron chi connectivity index (χ2n) is 4.83. The van der Waals surface area contributed by atoms with E-state index in [2.05, 4.69) is 27.9 Å². The summed E-state index contributed by atoms with van der Waals surface area (Å²) < 4.78 is 1.06. The molecule has 1 rings (SSSR count). The molecule has 17 heavy (non-hydrogen) atoms. The summed E-state index contributed by atoms with van der Waals surface area (Å²) in [6.07, 6.45) is 0. The lowest BCUT2D eigenvalue weighted by molar-refractivity contribution is 0.0460. The summed E-state index contributed by atoms with van der Waals surface area (Å²) in [4.78, 5) is 1.97. The first-order valence-corrected chi connectivity index (χ1v) is 6.54. The molecule has 0 aliphatic rings. The van der Waals surface area contributed by atoms with Crippen LogP contribution >= 0.6 is 22.6 Å². The quantitative estimate of drug-likeness (QED) is 0.558. The SMILES string of the molecule is CN(C)CC(C)(O)CNc1ccc(N)cc1I. The van der Waals surface area contributed by atoms with Crippen LogP contribution in [0.4, 0.5) is 11.4 Å². The number of hydrogen-bond acceptors (Lipinski definition) is 4. The standard InChI is InChI=1S/C12H20IN3O/c1-12(17,8-16(2)3)7-15-11-5-4-9(14)6-10(11)13/h4-6,15,17H,7-8,14H2,1-3H3. The largest absolute Gasteiger partial charge is 0.399 e. The van der Waals surface area contributed by atoms with E-state index in [1.807, 2.05) is 44.1 Å². The van der Waals surface area contributed by atoms with Crippen LogP contribution in [0, 0.1) is 3.57 Å². The van der Waals surface area contributed by atoms with Crippen molar-refractivity contribution in [3.05, 3.63) is 21.8 Å². The predicted molar refractivity (Wildman–Crippen MR) is 81.2 cm³/mol. The molecule has 96 valence electrons. The Bertz CT molecular complexity index is 380. The Morgan fingerprint density at radius 3 is 2.65 bits per heavy atom. The second kappa shape index (κ2) is 5.88. The topological polar surface area (TPSA) is 61.5 Å². The monoisotopic (exact) mass is 349 g/mol. The molecule has 0 aliphatic heterocycles. The molecule has 0 amide bonds. The molecule has 1 atom stereocenters. The van der Waals surface area contributed by atoms with Crippen molar-refractivity contribution in [1.82, 2.24) is 4.90 Å². The van der Waals surface area contributed by atoms with E-state index in [-0.39, 0.29) is 0 Å². The first-order valence-electron chi connectivity index (χ1n) is 5.46. The fourth-order valence-electron chi connectivity index (χ4n) is 1.70. The average molecular weight is 349 g/mol. The molecule has 0 radical (unpaired) electrons. The average Bonchev–Trinajstić information content (AvgIpc) is 2.14. The Labute approximate surface area is 116 Å². The fraction of sp³-hybridized carbons (Fsp3) is 0.500. The van der Waals surface area contributed by atoms with Crippen LogP contribution in [0.25, 0.3) is 0 Å². The lowest BCUT2D eigenvalue weighted by Crippen LogP contribution is -2.43. The van der Waals surface area contributed by atoms with Crippen molar-refractivity contribution in [2.24, 2.45) is 0 Å². The van der Waals surface area contributed by atoms with E-state index >= 15 is 0 Å². The highest BCUT2D eigenvalue weighted by Gasteiger charge is 2.21. The Hall–Kier alpha value is -0.530. The van der Waals surface area contributed by atoms with Crippen molar-refractivity contribution >= 4 is 34.0 Å². The third kappa shape index (κ3) is 5.10. The summed E-state index contributed by atoms with van der Waals surface area (Å²) in [5.41, 5.74) is 6.68. The lowest BCUT2D eigenvalue weighted by atomic mass is 10.1. The predicted octanol–water partition coefficient (Wildman–Crippen LogP) is 1.60. The third-order valence-electron chi connectivity index (χ3n) is 2.31. The van der Waals surface area contributed by atoms with Crippen LogP contribution < -0.4 is 11.1 Å². The molecule has 4 N–H and O–H groups in total. The van der Waals surface area contributed by atoms with E-state index in [0.717, 1.165) is 14.9 Å². The fourth-order valence-corrected chi connectivity index (χ4v) is 2.43. The highest BCUT2D eigenvalue weighted by molar-refractivity contribution is 14.1. The molecule has 0 heterocycles. The van der Waals surface area contributed by atoms with Crippen molar-refractivity contribution in [3.63, 3.8) is 0 Å². The van der Waals surface area contributed by atoms with E-state index in [4.69, 9.17) is 5.73 Å². The van der Waals surface area contributed by atoms with Gasteiger partial charge in [-0.25, -0.2) is 0 Å². The van der Waals surface area contributed by atoms with E-state index < -0.39 is 5.60 Å². The molecule has 1 aromatic rings. The summed E-state index contributed by atoms with van der Waals surface area (Å²) in [6.45, 7) is 2.95. The number of anilines is 2. The molecule has 4 nitrogen and oxygen atoms in total. The van der Waals surface area contributed by atoms with Gasteiger partial charge in [-0.3, -0.25) is 0 Å². The van der Waals surface area contributed by atoms with E-state index in [9.17, 15) is 5.11 Å². The van der Waals surface area contributed by atoms with Crippen molar-refractivity contribution in [2.45, 2.75) is 12.5 Å². The normalized spacial score (nSPS) is 14.7. The Balaban J connectivity index is 2.61. The summed E-state index contributed by atoms with van der Waals surface area (Å²) in [6, 6.07) is 5.69. The number of likely N-dealkylation sites (N-methyl/N-ethyl adjacent to an activating group) is 1. The molecule has 5 heteroatoms. The zero-order chi connectivity index (χ0) is 13.1. The Kier molecular flexibility index (Phi) is 5.03. The molecule has 0 aliphatic carbocycles. The number of nitrogens with zero attached hydrogens (tertiary/aromatic N) is 1. The molecule has 0 fully saturated rings. The highest BCUT2D eigenvalue weighted by atomic mass is 127. The summed E-state index contributed by atoms with van der Waals surface area (Å²) >= 11 is 2.23. The molecule has 1 aromatic carbocycles. The van der Waals surface area contributed by atoms with Gasteiger partial charge in [0, 0.05) is 28.0 Å². The smallest absolute Gasteiger partial charge is 0.0917 e. The van der Waals surface area contributed by atoms with E-state index in [1.165, 1.54) is 0 Å². The van der Waals surface area contributed by atoms with Gasteiger partial charge in [0.2, 0.25) is 0 Å². The van der Waals surface area contributed by atoms with Crippen LogP contribution in [-0.2, 0) is 0 Å². The number of nitrogen functional groups attached to an aromatic ring is 1. The van der Waals surface area contributed by atoms with Gasteiger partial charge in [0.15, 0.2) is 0 Å².